The van der Waals surface area contributed by atoms with Crippen LogP contribution in [0.25, 0.3) is 0 Å². The standard InChI is InChI=1S/C17H26N2O4S/c1-22-10-11-23-12-13-24(20,21)19-14-16-8-5-9-18(16)17(19)15-6-3-2-4-7-15/h2-4,6-7,16-17H,5,8-14H2,1H3. The van der Waals surface area contributed by atoms with Gasteiger partial charge >= 0.3 is 0 Å². The lowest BCUT2D eigenvalue weighted by Gasteiger charge is -2.29. The van der Waals surface area contributed by atoms with E-state index in [0.29, 0.717) is 25.8 Å². The van der Waals surface area contributed by atoms with Gasteiger partial charge < -0.3 is 9.47 Å². The van der Waals surface area contributed by atoms with Gasteiger partial charge in [0.25, 0.3) is 0 Å². The molecule has 0 bridgehead atoms. The Balaban J connectivity index is 1.72. The molecule has 2 aliphatic heterocycles. The minimum atomic E-state index is -3.36. The molecule has 3 rings (SSSR count). The van der Waals surface area contributed by atoms with Crippen molar-refractivity contribution in [1.82, 2.24) is 9.21 Å². The SMILES string of the molecule is COCCOCCS(=O)(=O)N1CC2CCCN2C1c1ccccc1. The molecule has 134 valence electrons. The Morgan fingerprint density at radius 2 is 1.96 bits per heavy atom. The average molecular weight is 354 g/mol. The van der Waals surface area contributed by atoms with Crippen molar-refractivity contribution in [1.29, 1.82) is 0 Å². The molecular weight excluding hydrogens is 328 g/mol. The van der Waals surface area contributed by atoms with Crippen molar-refractivity contribution < 1.29 is 17.9 Å². The Hall–Kier alpha value is -0.990. The summed E-state index contributed by atoms with van der Waals surface area (Å²) in [5.74, 6) is 0.0145. The summed E-state index contributed by atoms with van der Waals surface area (Å²) in [4.78, 5) is 2.33. The van der Waals surface area contributed by atoms with Crippen LogP contribution in [0.15, 0.2) is 30.3 Å². The molecule has 0 spiro atoms. The van der Waals surface area contributed by atoms with Crippen molar-refractivity contribution in [3.63, 3.8) is 0 Å². The smallest absolute Gasteiger partial charge is 0.218 e. The molecular formula is C17H26N2O4S. The molecule has 0 amide bonds. The summed E-state index contributed by atoms with van der Waals surface area (Å²) in [5, 5.41) is 0. The molecule has 2 atom stereocenters. The van der Waals surface area contributed by atoms with Gasteiger partial charge in [0, 0.05) is 26.2 Å². The van der Waals surface area contributed by atoms with Crippen LogP contribution in [0.3, 0.4) is 0 Å². The molecule has 0 saturated carbocycles. The highest BCUT2D eigenvalue weighted by molar-refractivity contribution is 7.89. The molecule has 0 aromatic heterocycles. The summed E-state index contributed by atoms with van der Waals surface area (Å²) >= 11 is 0. The lowest BCUT2D eigenvalue weighted by molar-refractivity contribution is 0.0779. The van der Waals surface area contributed by atoms with Crippen LogP contribution in [0, 0.1) is 0 Å². The Morgan fingerprint density at radius 1 is 1.17 bits per heavy atom. The molecule has 2 aliphatic rings. The maximum absolute atomic E-state index is 12.9. The average Bonchev–Trinajstić information content (AvgIpc) is 3.16. The molecule has 1 aromatic carbocycles. The summed E-state index contributed by atoms with van der Waals surface area (Å²) in [7, 11) is -1.76. The zero-order chi connectivity index (χ0) is 17.0. The van der Waals surface area contributed by atoms with E-state index in [1.165, 1.54) is 0 Å². The minimum absolute atomic E-state index is 0.0145. The molecule has 0 aliphatic carbocycles. The fourth-order valence-electron chi connectivity index (χ4n) is 3.62. The number of fused-ring (bicyclic) bond motifs is 1. The first-order valence-corrected chi connectivity index (χ1v) is 10.1. The lowest BCUT2D eigenvalue weighted by atomic mass is 10.1. The van der Waals surface area contributed by atoms with Crippen molar-refractivity contribution in [3.8, 4) is 0 Å². The maximum atomic E-state index is 12.9. The van der Waals surface area contributed by atoms with Gasteiger partial charge in [-0.15, -0.1) is 0 Å². The highest BCUT2D eigenvalue weighted by Gasteiger charge is 2.47. The first-order chi connectivity index (χ1) is 11.6. The fourth-order valence-corrected chi connectivity index (χ4v) is 5.13. The van der Waals surface area contributed by atoms with E-state index in [2.05, 4.69) is 4.90 Å². The normalized spacial score (nSPS) is 25.2. The van der Waals surface area contributed by atoms with Crippen molar-refractivity contribution >= 4 is 10.0 Å². The van der Waals surface area contributed by atoms with Crippen LogP contribution in [0.2, 0.25) is 0 Å². The van der Waals surface area contributed by atoms with Crippen molar-refractivity contribution in [2.75, 3.05) is 45.8 Å². The van der Waals surface area contributed by atoms with E-state index in [-0.39, 0.29) is 18.5 Å². The molecule has 2 fully saturated rings. The van der Waals surface area contributed by atoms with E-state index in [1.807, 2.05) is 30.3 Å². The number of methoxy groups -OCH3 is 1. The Labute approximate surface area is 144 Å². The van der Waals surface area contributed by atoms with Gasteiger partial charge in [-0.25, -0.2) is 8.42 Å². The van der Waals surface area contributed by atoms with Crippen LogP contribution in [0.5, 0.6) is 0 Å². The molecule has 0 N–H and O–H groups in total. The van der Waals surface area contributed by atoms with Gasteiger partial charge in [0.2, 0.25) is 10.0 Å². The highest BCUT2D eigenvalue weighted by Crippen LogP contribution is 2.40. The zero-order valence-electron chi connectivity index (χ0n) is 14.1. The Morgan fingerprint density at radius 3 is 2.71 bits per heavy atom. The van der Waals surface area contributed by atoms with Crippen molar-refractivity contribution in [2.24, 2.45) is 0 Å². The monoisotopic (exact) mass is 354 g/mol. The molecule has 2 heterocycles. The van der Waals surface area contributed by atoms with E-state index in [9.17, 15) is 8.42 Å². The predicted molar refractivity (Wildman–Crippen MR) is 92.1 cm³/mol. The predicted octanol–water partition coefficient (Wildman–Crippen LogP) is 1.46. The second kappa shape index (κ2) is 7.93. The Kier molecular flexibility index (Phi) is 5.89. The molecule has 24 heavy (non-hydrogen) atoms. The van der Waals surface area contributed by atoms with Gasteiger partial charge in [0.1, 0.15) is 6.17 Å². The van der Waals surface area contributed by atoms with Crippen LogP contribution in [0.1, 0.15) is 24.6 Å². The van der Waals surface area contributed by atoms with E-state index in [1.54, 1.807) is 11.4 Å². The maximum Gasteiger partial charge on any atom is 0.218 e. The third-order valence-corrected chi connectivity index (χ3v) is 6.52. The van der Waals surface area contributed by atoms with Gasteiger partial charge in [-0.3, -0.25) is 4.90 Å². The van der Waals surface area contributed by atoms with Gasteiger partial charge in [0.15, 0.2) is 0 Å². The molecule has 6 nitrogen and oxygen atoms in total. The number of benzene rings is 1. The topological polar surface area (TPSA) is 59.1 Å². The number of rotatable bonds is 8. The van der Waals surface area contributed by atoms with Crippen LogP contribution < -0.4 is 0 Å². The molecule has 2 unspecified atom stereocenters. The molecule has 0 radical (unpaired) electrons. The number of sulfonamides is 1. The fraction of sp³-hybridized carbons (Fsp3) is 0.647. The number of ether oxygens (including phenoxy) is 2. The van der Waals surface area contributed by atoms with E-state index < -0.39 is 10.0 Å². The molecule has 1 aromatic rings. The van der Waals surface area contributed by atoms with Gasteiger partial charge in [0.05, 0.1) is 25.6 Å². The summed E-state index contributed by atoms with van der Waals surface area (Å²) < 4.78 is 37.7. The molecule has 7 heteroatoms. The summed E-state index contributed by atoms with van der Waals surface area (Å²) in [6, 6.07) is 10.3. The number of nitrogens with zero attached hydrogens (tertiary/aromatic N) is 2. The van der Waals surface area contributed by atoms with Crippen molar-refractivity contribution in [2.45, 2.75) is 25.0 Å². The van der Waals surface area contributed by atoms with Gasteiger partial charge in [-0.2, -0.15) is 4.31 Å². The number of hydrogen-bond donors (Lipinski definition) is 0. The zero-order valence-corrected chi connectivity index (χ0v) is 15.0. The summed E-state index contributed by atoms with van der Waals surface area (Å²) in [5.41, 5.74) is 1.05. The van der Waals surface area contributed by atoms with E-state index >= 15 is 0 Å². The van der Waals surface area contributed by atoms with Gasteiger partial charge in [-0.05, 0) is 18.4 Å². The summed E-state index contributed by atoms with van der Waals surface area (Å²) in [6.07, 6.45) is 2.03. The minimum Gasteiger partial charge on any atom is -0.382 e. The second-order valence-electron chi connectivity index (χ2n) is 6.31. The lowest BCUT2D eigenvalue weighted by Crippen LogP contribution is -2.37. The second-order valence-corrected chi connectivity index (χ2v) is 8.35. The van der Waals surface area contributed by atoms with Crippen LogP contribution in [0.4, 0.5) is 0 Å². The highest BCUT2D eigenvalue weighted by atomic mass is 32.2. The summed E-state index contributed by atoms with van der Waals surface area (Å²) in [6.45, 7) is 2.64. The Bertz CT molecular complexity index is 623. The van der Waals surface area contributed by atoms with Crippen LogP contribution >= 0.6 is 0 Å². The van der Waals surface area contributed by atoms with Gasteiger partial charge in [-0.1, -0.05) is 30.3 Å². The first-order valence-electron chi connectivity index (χ1n) is 8.50. The molecule has 2 saturated heterocycles. The van der Waals surface area contributed by atoms with Crippen LogP contribution in [-0.2, 0) is 19.5 Å². The van der Waals surface area contributed by atoms with E-state index in [0.717, 1.165) is 24.9 Å². The third-order valence-electron chi connectivity index (χ3n) is 4.77. The first kappa shape index (κ1) is 17.8. The largest absolute Gasteiger partial charge is 0.382 e. The quantitative estimate of drug-likeness (QED) is 0.662. The van der Waals surface area contributed by atoms with Crippen molar-refractivity contribution in [3.05, 3.63) is 35.9 Å². The van der Waals surface area contributed by atoms with E-state index in [4.69, 9.17) is 9.47 Å². The van der Waals surface area contributed by atoms with Crippen LogP contribution in [-0.4, -0.2) is 69.4 Å². The third kappa shape index (κ3) is 3.81. The number of hydrogen-bond acceptors (Lipinski definition) is 5.